The topological polar surface area (TPSA) is 9.86 Å². The number of benzene rings is 12. The van der Waals surface area contributed by atoms with Gasteiger partial charge < -0.3 is 9.13 Å². The molecule has 0 amide bonds. The molecular weight excluding hydrogens is 749 g/mol. The number of fused-ring (bicyclic) bond motifs is 10. The Bertz CT molecular complexity index is 3860. The molecule has 0 N–H and O–H groups in total. The van der Waals surface area contributed by atoms with Crippen LogP contribution in [-0.2, 0) is 0 Å². The molecule has 0 fully saturated rings. The van der Waals surface area contributed by atoms with E-state index in [0.717, 1.165) is 0 Å². The van der Waals surface area contributed by atoms with Gasteiger partial charge in [-0.1, -0.05) is 158 Å². The highest BCUT2D eigenvalue weighted by Crippen LogP contribution is 2.46. The van der Waals surface area contributed by atoms with Gasteiger partial charge in [-0.05, 0) is 137 Å². The highest BCUT2D eigenvalue weighted by Gasteiger charge is 2.20. The molecule has 2 nitrogen and oxygen atoms in total. The smallest absolute Gasteiger partial charge is 0.0547 e. The molecule has 14 aromatic rings. The van der Waals surface area contributed by atoms with Gasteiger partial charge in [-0.15, -0.1) is 0 Å². The van der Waals surface area contributed by atoms with Crippen LogP contribution in [0.5, 0.6) is 0 Å². The first-order valence-electron chi connectivity index (χ1n) is 21.5. The van der Waals surface area contributed by atoms with Gasteiger partial charge in [0.1, 0.15) is 0 Å². The van der Waals surface area contributed by atoms with Crippen molar-refractivity contribution >= 4 is 97.5 Å². The van der Waals surface area contributed by atoms with E-state index in [1.165, 1.54) is 131 Å². The summed E-state index contributed by atoms with van der Waals surface area (Å²) in [6.45, 7) is 0. The van der Waals surface area contributed by atoms with E-state index in [1.54, 1.807) is 0 Å². The highest BCUT2D eigenvalue weighted by atomic mass is 15.0. The van der Waals surface area contributed by atoms with Gasteiger partial charge in [0.05, 0.1) is 22.1 Å². The van der Waals surface area contributed by atoms with E-state index < -0.39 is 0 Å². The molecule has 0 bridgehead atoms. The monoisotopic (exact) mass is 784 g/mol. The normalized spacial score (nSPS) is 12.2. The van der Waals surface area contributed by atoms with Crippen molar-refractivity contribution in [2.24, 2.45) is 0 Å². The summed E-state index contributed by atoms with van der Waals surface area (Å²) >= 11 is 0. The van der Waals surface area contributed by atoms with Gasteiger partial charge >= 0.3 is 0 Å². The molecule has 0 saturated carbocycles. The van der Waals surface area contributed by atoms with Gasteiger partial charge in [-0.3, -0.25) is 0 Å². The third kappa shape index (κ3) is 4.64. The summed E-state index contributed by atoms with van der Waals surface area (Å²) in [4.78, 5) is 0. The predicted molar refractivity (Wildman–Crippen MR) is 265 cm³/mol. The average Bonchev–Trinajstić information content (AvgIpc) is 3.86. The van der Waals surface area contributed by atoms with Gasteiger partial charge in [0.2, 0.25) is 0 Å². The summed E-state index contributed by atoms with van der Waals surface area (Å²) in [7, 11) is 0. The Morgan fingerprint density at radius 3 is 1.08 bits per heavy atom. The zero-order valence-electron chi connectivity index (χ0n) is 33.7. The van der Waals surface area contributed by atoms with Crippen LogP contribution >= 0.6 is 0 Å². The molecule has 0 aliphatic carbocycles. The van der Waals surface area contributed by atoms with Gasteiger partial charge in [0.25, 0.3) is 0 Å². The first-order chi connectivity index (χ1) is 30.8. The quantitative estimate of drug-likeness (QED) is 0.157. The molecule has 286 valence electrons. The molecule has 0 radical (unpaired) electrons. The maximum absolute atomic E-state index is 2.44. The Morgan fingerprint density at radius 2 is 0.613 bits per heavy atom. The number of hydrogen-bond acceptors (Lipinski definition) is 0. The first kappa shape index (κ1) is 33.6. The summed E-state index contributed by atoms with van der Waals surface area (Å²) in [6.07, 6.45) is 0. The van der Waals surface area contributed by atoms with E-state index in [0.29, 0.717) is 0 Å². The Hall–Kier alpha value is -8.20. The first-order valence-corrected chi connectivity index (χ1v) is 21.5. The second-order valence-corrected chi connectivity index (χ2v) is 16.8. The number of hydrogen-bond donors (Lipinski definition) is 0. The van der Waals surface area contributed by atoms with E-state index in [4.69, 9.17) is 0 Å². The van der Waals surface area contributed by atoms with Crippen LogP contribution in [-0.4, -0.2) is 9.13 Å². The minimum atomic E-state index is 1.17. The van der Waals surface area contributed by atoms with Crippen LogP contribution in [0.4, 0.5) is 0 Å². The Labute approximate surface area is 357 Å². The highest BCUT2D eigenvalue weighted by molar-refractivity contribution is 6.29. The minimum Gasteiger partial charge on any atom is -0.309 e. The molecular formula is C60H36N2. The molecule has 0 atom stereocenters. The van der Waals surface area contributed by atoms with E-state index in [1.807, 2.05) is 0 Å². The van der Waals surface area contributed by atoms with Crippen LogP contribution in [0.1, 0.15) is 0 Å². The maximum Gasteiger partial charge on any atom is 0.0547 e. The van der Waals surface area contributed by atoms with Crippen LogP contribution in [0.25, 0.3) is 131 Å². The van der Waals surface area contributed by atoms with Crippen LogP contribution in [0.3, 0.4) is 0 Å². The standard InChI is InChI=1S/C60H36N2/c1-3-13-43(14-4-1)61-53-31-25-41(35-51(53)59-47-17-9-7-11-37(47)23-33-55(59)61)45-27-19-39-22-30-50-46(28-20-40-21-29-49(45)57(39)58(40)50)42-26-32-54-52(36-42)60-48-18-10-8-12-38(48)24-34-56(60)62(54)44-15-5-2-6-16-44/h1-36H. The van der Waals surface area contributed by atoms with Crippen molar-refractivity contribution in [1.82, 2.24) is 9.13 Å². The molecule has 14 rings (SSSR count). The Morgan fingerprint density at radius 1 is 0.226 bits per heavy atom. The van der Waals surface area contributed by atoms with Crippen LogP contribution in [0, 0.1) is 0 Å². The lowest BCUT2D eigenvalue weighted by Gasteiger charge is -2.17. The van der Waals surface area contributed by atoms with Crippen molar-refractivity contribution < 1.29 is 0 Å². The fraction of sp³-hybridized carbons (Fsp3) is 0. The molecule has 0 saturated heterocycles. The van der Waals surface area contributed by atoms with Crippen LogP contribution in [0.2, 0.25) is 0 Å². The van der Waals surface area contributed by atoms with Crippen LogP contribution in [0.15, 0.2) is 218 Å². The number of rotatable bonds is 4. The third-order valence-corrected chi connectivity index (χ3v) is 13.6. The second kappa shape index (κ2) is 12.7. The fourth-order valence-electron chi connectivity index (χ4n) is 10.9. The molecule has 0 aliphatic rings. The van der Waals surface area contributed by atoms with E-state index >= 15 is 0 Å². The number of nitrogens with zero attached hydrogens (tertiary/aromatic N) is 2. The largest absolute Gasteiger partial charge is 0.309 e. The summed E-state index contributed by atoms with van der Waals surface area (Å²) in [5.74, 6) is 0. The van der Waals surface area contributed by atoms with E-state index in [-0.39, 0.29) is 0 Å². The van der Waals surface area contributed by atoms with Crippen molar-refractivity contribution in [1.29, 1.82) is 0 Å². The molecule has 2 heterocycles. The number of aromatic nitrogens is 2. The SMILES string of the molecule is c1ccc(-n2c3ccc(-c4ccc5ccc6c(-c7ccc8c(c7)c7c9ccccc9ccc7n8-c7ccccc7)ccc7ccc4c5c76)cc3c3c4ccccc4ccc32)cc1. The van der Waals surface area contributed by atoms with Gasteiger partial charge in [0.15, 0.2) is 0 Å². The summed E-state index contributed by atoms with van der Waals surface area (Å²) in [6, 6.07) is 81.1. The maximum atomic E-state index is 2.44. The Kier molecular flexibility index (Phi) is 6.86. The second-order valence-electron chi connectivity index (χ2n) is 16.8. The molecule has 62 heavy (non-hydrogen) atoms. The van der Waals surface area contributed by atoms with E-state index in [2.05, 4.69) is 228 Å². The third-order valence-electron chi connectivity index (χ3n) is 13.6. The Balaban J connectivity index is 0.996. The average molecular weight is 785 g/mol. The van der Waals surface area contributed by atoms with Gasteiger partial charge in [-0.25, -0.2) is 0 Å². The molecule has 0 unspecified atom stereocenters. The van der Waals surface area contributed by atoms with Crippen molar-refractivity contribution in [2.75, 3.05) is 0 Å². The van der Waals surface area contributed by atoms with Crippen molar-refractivity contribution in [2.45, 2.75) is 0 Å². The minimum absolute atomic E-state index is 1.17. The van der Waals surface area contributed by atoms with Crippen molar-refractivity contribution in [3.05, 3.63) is 218 Å². The predicted octanol–water partition coefficient (Wildman–Crippen LogP) is 16.4. The molecule has 0 aliphatic heterocycles. The zero-order chi connectivity index (χ0) is 40.5. The lowest BCUT2D eigenvalue weighted by molar-refractivity contribution is 1.18. The lowest BCUT2D eigenvalue weighted by Crippen LogP contribution is -1.93. The number of para-hydroxylation sites is 2. The molecule has 2 heteroatoms. The summed E-state index contributed by atoms with van der Waals surface area (Å²) in [5.41, 5.74) is 12.2. The lowest BCUT2D eigenvalue weighted by atomic mass is 9.87. The summed E-state index contributed by atoms with van der Waals surface area (Å²) in [5, 5.41) is 17.9. The van der Waals surface area contributed by atoms with Gasteiger partial charge in [-0.2, -0.15) is 0 Å². The van der Waals surface area contributed by atoms with Crippen LogP contribution < -0.4 is 0 Å². The van der Waals surface area contributed by atoms with Gasteiger partial charge in [0, 0.05) is 32.9 Å². The molecule has 12 aromatic carbocycles. The molecule has 2 aromatic heterocycles. The molecule has 0 spiro atoms. The van der Waals surface area contributed by atoms with Crippen molar-refractivity contribution in [3.8, 4) is 33.6 Å². The zero-order valence-corrected chi connectivity index (χ0v) is 33.7. The van der Waals surface area contributed by atoms with E-state index in [9.17, 15) is 0 Å². The summed E-state index contributed by atoms with van der Waals surface area (Å²) < 4.78 is 4.84. The van der Waals surface area contributed by atoms with Crippen molar-refractivity contribution in [3.63, 3.8) is 0 Å². The fourth-order valence-corrected chi connectivity index (χ4v) is 10.9.